The number of nitrogens with zero attached hydrogens (tertiary/aromatic N) is 4. The number of carbonyl (C=O) groups excluding carboxylic acids is 1. The van der Waals surface area contributed by atoms with Crippen molar-refractivity contribution >= 4 is 11.9 Å². The predicted molar refractivity (Wildman–Crippen MR) is 190 cm³/mol. The lowest BCUT2D eigenvalue weighted by molar-refractivity contribution is -0.137. The van der Waals surface area contributed by atoms with Crippen molar-refractivity contribution in [2.75, 3.05) is 13.2 Å². The van der Waals surface area contributed by atoms with Crippen LogP contribution in [0.4, 0.5) is 0 Å². The van der Waals surface area contributed by atoms with E-state index in [1.54, 1.807) is 25.0 Å². The van der Waals surface area contributed by atoms with Gasteiger partial charge >= 0.3 is 5.97 Å². The van der Waals surface area contributed by atoms with Crippen LogP contribution in [0.1, 0.15) is 113 Å². The van der Waals surface area contributed by atoms with Crippen LogP contribution in [0.5, 0.6) is 11.8 Å². The maximum absolute atomic E-state index is 12.9. The van der Waals surface area contributed by atoms with Crippen LogP contribution in [0, 0.1) is 47.3 Å². The van der Waals surface area contributed by atoms with Crippen molar-refractivity contribution in [2.24, 2.45) is 67.2 Å². The Morgan fingerprint density at radius 2 is 1.20 bits per heavy atom. The number of ether oxygens (including phenoxy) is 2. The van der Waals surface area contributed by atoms with Crippen LogP contribution in [0.25, 0.3) is 0 Å². The average molecular weight is 713 g/mol. The van der Waals surface area contributed by atoms with Gasteiger partial charge in [0.2, 0.25) is 11.8 Å². The number of nitrogens with two attached hydrogens (primary N) is 1. The van der Waals surface area contributed by atoms with Gasteiger partial charge in [-0.15, -0.1) is 0 Å². The molecule has 8 saturated carbocycles. The van der Waals surface area contributed by atoms with Crippen molar-refractivity contribution in [3.63, 3.8) is 0 Å². The van der Waals surface area contributed by atoms with Gasteiger partial charge in [-0.1, -0.05) is 27.7 Å². The predicted octanol–water partition coefficient (Wildman–Crippen LogP) is 4.16. The summed E-state index contributed by atoms with van der Waals surface area (Å²) in [4.78, 5) is 23.6. The van der Waals surface area contributed by atoms with Crippen molar-refractivity contribution in [1.29, 1.82) is 0 Å². The minimum Gasteiger partial charge on any atom is -0.477 e. The molecular weight excluding hydrogens is 652 g/mol. The van der Waals surface area contributed by atoms with Gasteiger partial charge in [-0.25, -0.2) is 14.2 Å². The summed E-state index contributed by atoms with van der Waals surface area (Å²) in [6.07, 6.45) is 13.4. The second-order valence-electron chi connectivity index (χ2n) is 17.7. The van der Waals surface area contributed by atoms with Gasteiger partial charge in [0, 0.05) is 26.2 Å². The van der Waals surface area contributed by atoms with Crippen LogP contribution in [-0.2, 0) is 14.1 Å². The van der Waals surface area contributed by atoms with Gasteiger partial charge in [-0.3, -0.25) is 4.79 Å². The second-order valence-corrected chi connectivity index (χ2v) is 17.7. The Balaban J connectivity index is 0.000000145. The number of nitrogens with one attached hydrogen (secondary N) is 1. The number of aromatic nitrogens is 4. The van der Waals surface area contributed by atoms with E-state index in [0.29, 0.717) is 78.0 Å². The number of aromatic carboxylic acids is 1. The van der Waals surface area contributed by atoms with Crippen molar-refractivity contribution in [3.8, 4) is 11.8 Å². The first-order valence-corrected chi connectivity index (χ1v) is 19.1. The number of aryl methyl sites for hydroxylation is 2. The number of hydrogen-bond donors (Lipinski definition) is 5. The smallest absolute Gasteiger partial charge is 0.342 e. The van der Waals surface area contributed by atoms with Gasteiger partial charge in [0.05, 0.1) is 36.8 Å². The van der Waals surface area contributed by atoms with Crippen molar-refractivity contribution in [1.82, 2.24) is 24.9 Å². The minimum absolute atomic E-state index is 0.101. The van der Waals surface area contributed by atoms with Gasteiger partial charge in [-0.05, 0) is 112 Å². The number of rotatable bonds is 9. The van der Waals surface area contributed by atoms with Gasteiger partial charge in [0.15, 0.2) is 0 Å². The Labute approximate surface area is 301 Å². The zero-order valence-electron chi connectivity index (χ0n) is 31.3. The molecule has 13 nitrogen and oxygen atoms in total. The molecule has 8 aliphatic rings. The second kappa shape index (κ2) is 14.7. The molecule has 6 N–H and O–H groups in total. The van der Waals surface area contributed by atoms with Crippen LogP contribution in [0.3, 0.4) is 0 Å². The molecule has 1 amide bonds. The molecule has 8 bridgehead atoms. The highest BCUT2D eigenvalue weighted by Crippen LogP contribution is 2.56. The molecule has 284 valence electrons. The SMILES string of the molecule is CC(C)COc1c(C(=O)NC2C3CC4CC2CC(O)(C4)C3)cnn1C.CC(C)COc1c(C(=O)O)cnn1C.NC1C2CC3CC1CC(O)(C3)C2. The van der Waals surface area contributed by atoms with Crippen molar-refractivity contribution in [3.05, 3.63) is 23.5 Å². The van der Waals surface area contributed by atoms with E-state index in [0.717, 1.165) is 57.3 Å². The van der Waals surface area contributed by atoms with Gasteiger partial charge < -0.3 is 35.8 Å². The Morgan fingerprint density at radius 3 is 1.63 bits per heavy atom. The lowest BCUT2D eigenvalue weighted by atomic mass is 9.52. The van der Waals surface area contributed by atoms with E-state index < -0.39 is 11.6 Å². The molecule has 4 atom stereocenters. The number of amides is 1. The van der Waals surface area contributed by atoms with Gasteiger partial charge in [0.1, 0.15) is 11.1 Å². The first kappa shape index (κ1) is 37.6. The van der Waals surface area contributed by atoms with Gasteiger partial charge in [0.25, 0.3) is 5.91 Å². The Hall–Kier alpha value is -3.16. The molecular formula is C38H60N6O7. The van der Waals surface area contributed by atoms with Crippen LogP contribution >= 0.6 is 0 Å². The lowest BCUT2D eigenvalue weighted by Crippen LogP contribution is -2.61. The summed E-state index contributed by atoms with van der Waals surface area (Å²) in [6.45, 7) is 9.20. The van der Waals surface area contributed by atoms with Crippen LogP contribution in [-0.4, -0.2) is 83.3 Å². The van der Waals surface area contributed by atoms with E-state index in [1.165, 1.54) is 23.7 Å². The van der Waals surface area contributed by atoms with Crippen molar-refractivity contribution in [2.45, 2.75) is 115 Å². The minimum atomic E-state index is -1.02. The summed E-state index contributed by atoms with van der Waals surface area (Å²) in [5, 5.41) is 41.0. The first-order valence-electron chi connectivity index (χ1n) is 19.1. The maximum Gasteiger partial charge on any atom is 0.342 e. The fourth-order valence-corrected chi connectivity index (χ4v) is 10.5. The summed E-state index contributed by atoms with van der Waals surface area (Å²) < 4.78 is 14.2. The average Bonchev–Trinajstić information content (AvgIpc) is 3.59. The zero-order valence-corrected chi connectivity index (χ0v) is 31.3. The number of aliphatic hydroxyl groups is 2. The third-order valence-corrected chi connectivity index (χ3v) is 12.2. The highest BCUT2D eigenvalue weighted by molar-refractivity contribution is 5.96. The number of hydrogen-bond acceptors (Lipinski definition) is 9. The number of carboxylic acids is 1. The summed E-state index contributed by atoms with van der Waals surface area (Å²) in [5.41, 5.74) is 5.96. The first-order chi connectivity index (χ1) is 24.0. The molecule has 10 rings (SSSR count). The molecule has 2 aromatic heterocycles. The molecule has 13 heteroatoms. The lowest BCUT2D eigenvalue weighted by Gasteiger charge is -2.58. The number of carboxylic acid groups (broad SMARTS) is 1. The molecule has 4 unspecified atom stereocenters. The highest BCUT2D eigenvalue weighted by atomic mass is 16.5. The summed E-state index contributed by atoms with van der Waals surface area (Å²) in [7, 11) is 3.45. The highest BCUT2D eigenvalue weighted by Gasteiger charge is 2.55. The number of carbonyl (C=O) groups is 2. The van der Waals surface area contributed by atoms with Crippen LogP contribution < -0.4 is 20.5 Å². The Morgan fingerprint density at radius 1 is 0.784 bits per heavy atom. The van der Waals surface area contributed by atoms with E-state index >= 15 is 0 Å². The van der Waals surface area contributed by atoms with E-state index in [9.17, 15) is 19.8 Å². The maximum atomic E-state index is 12.9. The molecule has 2 aromatic rings. The quantitative estimate of drug-likeness (QED) is 0.253. The van der Waals surface area contributed by atoms with E-state index in [2.05, 4.69) is 29.4 Å². The molecule has 0 aliphatic heterocycles. The van der Waals surface area contributed by atoms with E-state index in [1.807, 2.05) is 13.8 Å². The molecule has 51 heavy (non-hydrogen) atoms. The largest absolute Gasteiger partial charge is 0.477 e. The summed E-state index contributed by atoms with van der Waals surface area (Å²) in [6, 6.07) is 0.573. The monoisotopic (exact) mass is 712 g/mol. The molecule has 8 fully saturated rings. The third kappa shape index (κ3) is 8.25. The van der Waals surface area contributed by atoms with Crippen LogP contribution in [0.2, 0.25) is 0 Å². The Kier molecular flexibility index (Phi) is 10.8. The Bertz CT molecular complexity index is 1520. The zero-order chi connectivity index (χ0) is 36.8. The molecule has 8 aliphatic carbocycles. The molecule has 0 spiro atoms. The van der Waals surface area contributed by atoms with E-state index in [4.69, 9.17) is 20.3 Å². The standard InChI is InChI=1S/C19H29N3O3.C10H17NO.C9H14N2O3/c1-11(2)10-25-18-15(9-20-22(18)3)17(23)21-16-13-4-12-5-14(16)8-19(24,6-12)7-13;11-9-7-1-6-2-8(9)5-10(12,3-6)4-7;1-6(2)5-14-8-7(9(12)13)4-10-11(8)3/h9,11-14,16,24H,4-8,10H2,1-3H3,(H,21,23);6-9,12H,1-5,11H2;4,6H,5H2,1-3H3,(H,12,13). The molecule has 2 heterocycles. The topological polar surface area (TPSA) is 187 Å². The summed E-state index contributed by atoms with van der Waals surface area (Å²) >= 11 is 0. The molecule has 0 saturated heterocycles. The summed E-state index contributed by atoms with van der Waals surface area (Å²) in [5.74, 6) is 3.98. The third-order valence-electron chi connectivity index (χ3n) is 12.2. The normalized spacial score (nSPS) is 35.3. The molecule has 0 radical (unpaired) electrons. The molecule has 0 aromatic carbocycles. The fraction of sp³-hybridized carbons (Fsp3) is 0.789. The fourth-order valence-electron chi connectivity index (χ4n) is 10.5. The van der Waals surface area contributed by atoms with Crippen molar-refractivity contribution < 1.29 is 34.4 Å². The van der Waals surface area contributed by atoms with E-state index in [-0.39, 0.29) is 23.1 Å². The van der Waals surface area contributed by atoms with Gasteiger partial charge in [-0.2, -0.15) is 10.2 Å². The van der Waals surface area contributed by atoms with Crippen LogP contribution in [0.15, 0.2) is 12.4 Å².